The molecule has 112 valence electrons. The third kappa shape index (κ3) is 4.42. The lowest BCUT2D eigenvalue weighted by Crippen LogP contribution is -2.19. The van der Waals surface area contributed by atoms with Crippen molar-refractivity contribution in [3.8, 4) is 11.3 Å². The van der Waals surface area contributed by atoms with Crippen molar-refractivity contribution in [1.82, 2.24) is 10.2 Å². The Morgan fingerprint density at radius 2 is 2.00 bits per heavy atom. The van der Waals surface area contributed by atoms with E-state index in [0.29, 0.717) is 17.7 Å². The number of nitrogens with zero attached hydrogens (tertiary/aromatic N) is 1. The van der Waals surface area contributed by atoms with Crippen molar-refractivity contribution in [2.24, 2.45) is 0 Å². The highest BCUT2D eigenvalue weighted by molar-refractivity contribution is 8.13. The zero-order chi connectivity index (χ0) is 15.2. The Morgan fingerprint density at radius 1 is 1.29 bits per heavy atom. The van der Waals surface area contributed by atoms with Crippen LogP contribution in [0.5, 0.6) is 0 Å². The van der Waals surface area contributed by atoms with E-state index >= 15 is 0 Å². The number of aromatic amines is 1. The summed E-state index contributed by atoms with van der Waals surface area (Å²) in [6, 6.07) is 9.15. The molecule has 2 aromatic rings. The molecule has 1 aromatic carbocycles. The molecule has 0 spiro atoms. The van der Waals surface area contributed by atoms with Gasteiger partial charge in [-0.2, -0.15) is 5.10 Å². The molecular formula is C15H18N2O3S. The van der Waals surface area contributed by atoms with Crippen molar-refractivity contribution in [3.63, 3.8) is 0 Å². The van der Waals surface area contributed by atoms with Gasteiger partial charge in [-0.15, -0.1) is 0 Å². The molecule has 2 atom stereocenters. The van der Waals surface area contributed by atoms with Gasteiger partial charge in [-0.05, 0) is 23.6 Å². The standard InChI is InChI=1S/C15H18N2O3S/c1-10(18)21-9-7-14(19)15(20)12-4-2-11(3-5-12)13-6-8-16-17-13/h2-6,8,14-15,19-20H,7,9H2,1H3,(H,16,17). The number of H-pyrrole nitrogens is 1. The smallest absolute Gasteiger partial charge is 0.185 e. The van der Waals surface area contributed by atoms with Gasteiger partial charge < -0.3 is 10.2 Å². The molecule has 0 bridgehead atoms. The summed E-state index contributed by atoms with van der Waals surface area (Å²) in [7, 11) is 0. The summed E-state index contributed by atoms with van der Waals surface area (Å²) in [4.78, 5) is 10.8. The molecule has 1 aromatic heterocycles. The monoisotopic (exact) mass is 306 g/mol. The first-order chi connectivity index (χ1) is 10.1. The second-order valence-corrected chi connectivity index (χ2v) is 6.01. The largest absolute Gasteiger partial charge is 0.390 e. The summed E-state index contributed by atoms with van der Waals surface area (Å²) in [6.45, 7) is 1.49. The fourth-order valence-electron chi connectivity index (χ4n) is 1.98. The second kappa shape index (κ2) is 7.40. The topological polar surface area (TPSA) is 86.2 Å². The lowest BCUT2D eigenvalue weighted by atomic mass is 10.0. The van der Waals surface area contributed by atoms with E-state index in [1.165, 1.54) is 6.92 Å². The summed E-state index contributed by atoms with van der Waals surface area (Å²) in [6.07, 6.45) is 0.214. The Hall–Kier alpha value is -1.63. The van der Waals surface area contributed by atoms with Crippen LogP contribution in [0, 0.1) is 0 Å². The van der Waals surface area contributed by atoms with Crippen LogP contribution in [0.1, 0.15) is 25.0 Å². The highest BCUT2D eigenvalue weighted by Crippen LogP contribution is 2.23. The number of carbonyl (C=O) groups is 1. The van der Waals surface area contributed by atoms with Crippen molar-refractivity contribution >= 4 is 16.9 Å². The van der Waals surface area contributed by atoms with Crippen LogP contribution in [0.25, 0.3) is 11.3 Å². The highest BCUT2D eigenvalue weighted by Gasteiger charge is 2.18. The molecule has 5 nitrogen and oxygen atoms in total. The SMILES string of the molecule is CC(=O)SCCC(O)C(O)c1ccc(-c2ccn[nH]2)cc1. The summed E-state index contributed by atoms with van der Waals surface area (Å²) < 4.78 is 0. The Balaban J connectivity index is 1.96. The van der Waals surface area contributed by atoms with Gasteiger partial charge in [0.2, 0.25) is 0 Å². The number of hydrogen-bond donors (Lipinski definition) is 3. The molecule has 0 aliphatic heterocycles. The molecule has 0 radical (unpaired) electrons. The van der Waals surface area contributed by atoms with Crippen molar-refractivity contribution in [3.05, 3.63) is 42.1 Å². The van der Waals surface area contributed by atoms with Crippen molar-refractivity contribution < 1.29 is 15.0 Å². The molecule has 0 amide bonds. The first kappa shape index (κ1) is 15.8. The lowest BCUT2D eigenvalue weighted by molar-refractivity contribution is -0.109. The van der Waals surface area contributed by atoms with Crippen LogP contribution in [0.15, 0.2) is 36.5 Å². The molecular weight excluding hydrogens is 288 g/mol. The molecule has 0 saturated carbocycles. The van der Waals surface area contributed by atoms with Gasteiger partial charge in [-0.3, -0.25) is 9.89 Å². The van der Waals surface area contributed by atoms with E-state index in [1.807, 2.05) is 18.2 Å². The van der Waals surface area contributed by atoms with E-state index in [2.05, 4.69) is 10.2 Å². The minimum Gasteiger partial charge on any atom is -0.390 e. The van der Waals surface area contributed by atoms with E-state index < -0.39 is 12.2 Å². The molecule has 2 rings (SSSR count). The van der Waals surface area contributed by atoms with Crippen LogP contribution in [0.2, 0.25) is 0 Å². The van der Waals surface area contributed by atoms with Gasteiger partial charge in [0.15, 0.2) is 5.12 Å². The number of aliphatic hydroxyl groups is 2. The van der Waals surface area contributed by atoms with Crippen LogP contribution in [0.4, 0.5) is 0 Å². The van der Waals surface area contributed by atoms with E-state index in [4.69, 9.17) is 0 Å². The molecule has 0 aliphatic carbocycles. The molecule has 0 aliphatic rings. The van der Waals surface area contributed by atoms with Gasteiger partial charge in [-0.1, -0.05) is 36.0 Å². The maximum atomic E-state index is 10.8. The first-order valence-electron chi connectivity index (χ1n) is 6.67. The van der Waals surface area contributed by atoms with Crippen LogP contribution >= 0.6 is 11.8 Å². The summed E-state index contributed by atoms with van der Waals surface area (Å²) in [5, 5.41) is 26.8. The molecule has 21 heavy (non-hydrogen) atoms. The van der Waals surface area contributed by atoms with Crippen LogP contribution in [-0.4, -0.2) is 37.4 Å². The van der Waals surface area contributed by atoms with Gasteiger partial charge in [0.1, 0.15) is 6.10 Å². The van der Waals surface area contributed by atoms with Crippen LogP contribution < -0.4 is 0 Å². The normalized spacial score (nSPS) is 13.9. The Bertz CT molecular complexity index is 569. The summed E-state index contributed by atoms with van der Waals surface area (Å²) in [5.74, 6) is 0.500. The number of rotatable bonds is 6. The highest BCUT2D eigenvalue weighted by atomic mass is 32.2. The van der Waals surface area contributed by atoms with Crippen molar-refractivity contribution in [1.29, 1.82) is 0 Å². The molecule has 1 heterocycles. The predicted octanol–water partition coefficient (Wildman–Crippen LogP) is 2.14. The van der Waals surface area contributed by atoms with E-state index in [-0.39, 0.29) is 5.12 Å². The lowest BCUT2D eigenvalue weighted by Gasteiger charge is -2.18. The minimum atomic E-state index is -0.951. The van der Waals surface area contributed by atoms with Gasteiger partial charge >= 0.3 is 0 Å². The Morgan fingerprint density at radius 3 is 2.57 bits per heavy atom. The maximum Gasteiger partial charge on any atom is 0.185 e. The number of carbonyl (C=O) groups excluding carboxylic acids is 1. The number of nitrogens with one attached hydrogen (secondary N) is 1. The summed E-state index contributed by atoms with van der Waals surface area (Å²) in [5.41, 5.74) is 2.51. The average molecular weight is 306 g/mol. The zero-order valence-electron chi connectivity index (χ0n) is 11.7. The Labute approximate surface area is 127 Å². The first-order valence-corrected chi connectivity index (χ1v) is 7.65. The van der Waals surface area contributed by atoms with Gasteiger partial charge in [0.25, 0.3) is 0 Å². The number of aromatic nitrogens is 2. The predicted molar refractivity (Wildman–Crippen MR) is 82.7 cm³/mol. The van der Waals surface area contributed by atoms with Crippen molar-refractivity contribution in [2.45, 2.75) is 25.6 Å². The molecule has 6 heteroatoms. The van der Waals surface area contributed by atoms with Gasteiger partial charge in [0.05, 0.1) is 11.8 Å². The fourth-order valence-corrected chi connectivity index (χ4v) is 2.63. The number of thioether (sulfide) groups is 1. The molecule has 3 N–H and O–H groups in total. The average Bonchev–Trinajstić information content (AvgIpc) is 3.00. The summed E-state index contributed by atoms with van der Waals surface area (Å²) >= 11 is 1.15. The van der Waals surface area contributed by atoms with E-state index in [9.17, 15) is 15.0 Å². The van der Waals surface area contributed by atoms with Crippen molar-refractivity contribution in [2.75, 3.05) is 5.75 Å². The third-order valence-corrected chi connectivity index (χ3v) is 3.99. The van der Waals surface area contributed by atoms with Gasteiger partial charge in [-0.25, -0.2) is 0 Å². The molecule has 2 unspecified atom stereocenters. The number of benzene rings is 1. The van der Waals surface area contributed by atoms with Crippen LogP contribution in [-0.2, 0) is 4.79 Å². The number of hydrogen-bond acceptors (Lipinski definition) is 5. The molecule has 0 fully saturated rings. The van der Waals surface area contributed by atoms with Gasteiger partial charge in [0, 0.05) is 18.9 Å². The maximum absolute atomic E-state index is 10.8. The fraction of sp³-hybridized carbons (Fsp3) is 0.333. The quantitative estimate of drug-likeness (QED) is 0.761. The minimum absolute atomic E-state index is 0.0144. The second-order valence-electron chi connectivity index (χ2n) is 4.73. The number of aliphatic hydroxyl groups excluding tert-OH is 2. The Kier molecular flexibility index (Phi) is 5.55. The molecule has 0 saturated heterocycles. The van der Waals surface area contributed by atoms with E-state index in [1.54, 1.807) is 18.3 Å². The third-order valence-electron chi connectivity index (χ3n) is 3.15. The zero-order valence-corrected chi connectivity index (χ0v) is 12.5. The van der Waals surface area contributed by atoms with Crippen LogP contribution in [0.3, 0.4) is 0 Å². The van der Waals surface area contributed by atoms with E-state index in [0.717, 1.165) is 23.0 Å².